The Kier molecular flexibility index (Phi) is 4.75. The highest BCUT2D eigenvalue weighted by molar-refractivity contribution is 6.30. The zero-order chi connectivity index (χ0) is 15.7. The Labute approximate surface area is 133 Å². The zero-order valence-electron chi connectivity index (χ0n) is 13.5. The molecule has 0 saturated carbocycles. The van der Waals surface area contributed by atoms with Crippen molar-refractivity contribution in [3.05, 3.63) is 68.2 Å². The number of hydrogen-bond acceptors (Lipinski definition) is 1. The van der Waals surface area contributed by atoms with Crippen LogP contribution < -0.4 is 5.73 Å². The van der Waals surface area contributed by atoms with Gasteiger partial charge in [-0.1, -0.05) is 23.7 Å². The average molecular weight is 302 g/mol. The first-order chi connectivity index (χ1) is 9.82. The Morgan fingerprint density at radius 1 is 0.905 bits per heavy atom. The van der Waals surface area contributed by atoms with E-state index in [-0.39, 0.29) is 6.04 Å². The van der Waals surface area contributed by atoms with Crippen LogP contribution in [0.3, 0.4) is 0 Å². The van der Waals surface area contributed by atoms with Crippen molar-refractivity contribution < 1.29 is 0 Å². The Bertz CT molecular complexity index is 645. The van der Waals surface area contributed by atoms with E-state index in [1.54, 1.807) is 0 Å². The van der Waals surface area contributed by atoms with Crippen LogP contribution in [0.15, 0.2) is 24.3 Å². The van der Waals surface area contributed by atoms with E-state index in [4.69, 9.17) is 17.3 Å². The van der Waals surface area contributed by atoms with Crippen molar-refractivity contribution >= 4 is 11.6 Å². The molecule has 0 aliphatic carbocycles. The molecule has 2 N–H and O–H groups in total. The standard InChI is InChI=1S/C19H24ClN/c1-11-12(2)14(4)19(15(5)13(11)3)18(21)10-16-7-6-8-17(20)9-16/h6-9,18H,10,21H2,1-5H3. The van der Waals surface area contributed by atoms with Crippen LogP contribution in [0.2, 0.25) is 5.02 Å². The molecule has 0 bridgehead atoms. The monoisotopic (exact) mass is 301 g/mol. The molecule has 0 aliphatic heterocycles. The summed E-state index contributed by atoms with van der Waals surface area (Å²) in [6.45, 7) is 10.9. The van der Waals surface area contributed by atoms with Crippen molar-refractivity contribution in [1.82, 2.24) is 0 Å². The lowest BCUT2D eigenvalue weighted by molar-refractivity contribution is 0.708. The lowest BCUT2D eigenvalue weighted by Crippen LogP contribution is -2.18. The number of halogens is 1. The smallest absolute Gasteiger partial charge is 0.0408 e. The first-order valence-electron chi connectivity index (χ1n) is 7.39. The lowest BCUT2D eigenvalue weighted by atomic mass is 9.85. The van der Waals surface area contributed by atoms with Gasteiger partial charge in [-0.2, -0.15) is 0 Å². The molecule has 2 heteroatoms. The Hall–Kier alpha value is -1.31. The minimum absolute atomic E-state index is 0.00136. The van der Waals surface area contributed by atoms with Crippen LogP contribution in [0.25, 0.3) is 0 Å². The Morgan fingerprint density at radius 3 is 1.95 bits per heavy atom. The molecule has 1 unspecified atom stereocenters. The van der Waals surface area contributed by atoms with Gasteiger partial charge in [0.2, 0.25) is 0 Å². The lowest BCUT2D eigenvalue weighted by Gasteiger charge is -2.23. The molecule has 0 saturated heterocycles. The van der Waals surface area contributed by atoms with Crippen molar-refractivity contribution in [2.24, 2.45) is 5.73 Å². The summed E-state index contributed by atoms with van der Waals surface area (Å²) in [5.41, 5.74) is 15.7. The summed E-state index contributed by atoms with van der Waals surface area (Å²) < 4.78 is 0. The van der Waals surface area contributed by atoms with Crippen molar-refractivity contribution in [3.63, 3.8) is 0 Å². The summed E-state index contributed by atoms with van der Waals surface area (Å²) >= 11 is 6.07. The molecule has 0 fully saturated rings. The maximum Gasteiger partial charge on any atom is 0.0408 e. The van der Waals surface area contributed by atoms with Crippen LogP contribution in [0, 0.1) is 34.6 Å². The molecule has 0 aromatic heterocycles. The molecule has 0 heterocycles. The van der Waals surface area contributed by atoms with Crippen molar-refractivity contribution in [2.75, 3.05) is 0 Å². The third-order valence-electron chi connectivity index (χ3n) is 4.77. The summed E-state index contributed by atoms with van der Waals surface area (Å²) in [6.07, 6.45) is 0.810. The number of rotatable bonds is 3. The van der Waals surface area contributed by atoms with Gasteiger partial charge < -0.3 is 5.73 Å². The summed E-state index contributed by atoms with van der Waals surface area (Å²) in [5.74, 6) is 0. The van der Waals surface area contributed by atoms with Gasteiger partial charge in [0, 0.05) is 11.1 Å². The largest absolute Gasteiger partial charge is 0.324 e. The molecule has 112 valence electrons. The SMILES string of the molecule is Cc1c(C)c(C)c(C(N)Cc2cccc(Cl)c2)c(C)c1C. The van der Waals surface area contributed by atoms with Crippen LogP contribution in [0.4, 0.5) is 0 Å². The van der Waals surface area contributed by atoms with Gasteiger partial charge in [-0.15, -0.1) is 0 Å². The van der Waals surface area contributed by atoms with E-state index >= 15 is 0 Å². The maximum atomic E-state index is 6.52. The first kappa shape index (κ1) is 16.1. The number of nitrogens with two attached hydrogens (primary N) is 1. The van der Waals surface area contributed by atoms with Crippen LogP contribution in [-0.4, -0.2) is 0 Å². The summed E-state index contributed by atoms with van der Waals surface area (Å²) in [6, 6.07) is 7.97. The van der Waals surface area contributed by atoms with E-state index < -0.39 is 0 Å². The number of benzene rings is 2. The summed E-state index contributed by atoms with van der Waals surface area (Å²) in [7, 11) is 0. The summed E-state index contributed by atoms with van der Waals surface area (Å²) in [5, 5.41) is 0.768. The van der Waals surface area contributed by atoms with Crippen LogP contribution >= 0.6 is 11.6 Å². The van der Waals surface area contributed by atoms with Crippen LogP contribution in [-0.2, 0) is 6.42 Å². The normalized spacial score (nSPS) is 12.5. The molecule has 0 aliphatic rings. The topological polar surface area (TPSA) is 26.0 Å². The van der Waals surface area contributed by atoms with E-state index in [2.05, 4.69) is 40.7 Å². The molecule has 1 nitrogen and oxygen atoms in total. The third kappa shape index (κ3) is 3.14. The van der Waals surface area contributed by atoms with E-state index in [0.29, 0.717) is 0 Å². The highest BCUT2D eigenvalue weighted by Crippen LogP contribution is 2.31. The number of hydrogen-bond donors (Lipinski definition) is 1. The van der Waals surface area contributed by atoms with E-state index in [9.17, 15) is 0 Å². The van der Waals surface area contributed by atoms with Crippen LogP contribution in [0.1, 0.15) is 45.0 Å². The molecule has 2 rings (SSSR count). The highest BCUT2D eigenvalue weighted by Gasteiger charge is 2.18. The van der Waals surface area contributed by atoms with E-state index in [1.807, 2.05) is 18.2 Å². The molecular formula is C19H24ClN. The molecule has 0 amide bonds. The van der Waals surface area contributed by atoms with Gasteiger partial charge in [-0.3, -0.25) is 0 Å². The van der Waals surface area contributed by atoms with Gasteiger partial charge in [-0.25, -0.2) is 0 Å². The van der Waals surface area contributed by atoms with Crippen LogP contribution in [0.5, 0.6) is 0 Å². The molecule has 21 heavy (non-hydrogen) atoms. The second kappa shape index (κ2) is 6.21. The molecule has 0 spiro atoms. The maximum absolute atomic E-state index is 6.52. The molecule has 2 aromatic rings. The quantitative estimate of drug-likeness (QED) is 0.836. The minimum atomic E-state index is 0.00136. The predicted octanol–water partition coefficient (Wildman–Crippen LogP) is 5.12. The summed E-state index contributed by atoms with van der Waals surface area (Å²) in [4.78, 5) is 0. The molecular weight excluding hydrogens is 278 g/mol. The Balaban J connectivity index is 2.42. The zero-order valence-corrected chi connectivity index (χ0v) is 14.3. The van der Waals surface area contributed by atoms with Crippen molar-refractivity contribution in [3.8, 4) is 0 Å². The van der Waals surface area contributed by atoms with Gasteiger partial charge in [0.15, 0.2) is 0 Å². The fourth-order valence-corrected chi connectivity index (χ4v) is 3.32. The second-order valence-electron chi connectivity index (χ2n) is 5.98. The molecule has 2 aromatic carbocycles. The first-order valence-corrected chi connectivity index (χ1v) is 7.77. The second-order valence-corrected chi connectivity index (χ2v) is 6.42. The van der Waals surface area contributed by atoms with Crippen molar-refractivity contribution in [1.29, 1.82) is 0 Å². The van der Waals surface area contributed by atoms with Gasteiger partial charge in [0.25, 0.3) is 0 Å². The minimum Gasteiger partial charge on any atom is -0.324 e. The van der Waals surface area contributed by atoms with Crippen molar-refractivity contribution in [2.45, 2.75) is 47.1 Å². The van der Waals surface area contributed by atoms with Gasteiger partial charge in [-0.05, 0) is 92.1 Å². The molecule has 1 atom stereocenters. The Morgan fingerprint density at radius 2 is 1.43 bits per heavy atom. The highest BCUT2D eigenvalue weighted by atomic mass is 35.5. The fourth-order valence-electron chi connectivity index (χ4n) is 3.11. The third-order valence-corrected chi connectivity index (χ3v) is 5.01. The predicted molar refractivity (Wildman–Crippen MR) is 92.2 cm³/mol. The van der Waals surface area contributed by atoms with Gasteiger partial charge in [0.05, 0.1) is 0 Å². The molecule has 0 radical (unpaired) electrons. The van der Waals surface area contributed by atoms with E-state index in [0.717, 1.165) is 11.4 Å². The van der Waals surface area contributed by atoms with Gasteiger partial charge in [0.1, 0.15) is 0 Å². The average Bonchev–Trinajstić information content (AvgIpc) is 2.43. The van der Waals surface area contributed by atoms with E-state index in [1.165, 1.54) is 38.9 Å². The van der Waals surface area contributed by atoms with Gasteiger partial charge >= 0.3 is 0 Å². The fraction of sp³-hybridized carbons (Fsp3) is 0.368.